The minimum Gasteiger partial charge on any atom is -0.481 e. The molecule has 100 valence electrons. The molecule has 0 fully saturated rings. The average Bonchev–Trinajstić information content (AvgIpc) is 2.25. The van der Waals surface area contributed by atoms with Gasteiger partial charge in [-0.3, -0.25) is 4.79 Å². The van der Waals surface area contributed by atoms with E-state index in [-0.39, 0.29) is 12.5 Å². The molecule has 0 aliphatic rings. The van der Waals surface area contributed by atoms with E-state index in [0.29, 0.717) is 25.4 Å². The molecule has 0 spiro atoms. The van der Waals surface area contributed by atoms with Crippen LogP contribution in [0.5, 0.6) is 0 Å². The number of rotatable bonds is 8. The maximum absolute atomic E-state index is 11.6. The molecule has 2 N–H and O–H groups in total. The molecule has 2 amide bonds. The summed E-state index contributed by atoms with van der Waals surface area (Å²) in [5.74, 6) is 0.636. The van der Waals surface area contributed by atoms with Gasteiger partial charge in [0.25, 0.3) is 0 Å². The van der Waals surface area contributed by atoms with Crippen molar-refractivity contribution in [3.8, 4) is 0 Å². The van der Waals surface area contributed by atoms with E-state index < -0.39 is 5.97 Å². The van der Waals surface area contributed by atoms with Crippen molar-refractivity contribution in [2.24, 2.45) is 5.92 Å². The Bertz CT molecular complexity index is 249. The Kier molecular flexibility index (Phi) is 8.66. The van der Waals surface area contributed by atoms with Crippen LogP contribution < -0.4 is 5.32 Å². The Hall–Kier alpha value is -0.910. The molecular formula is C11H22N2O3S. The third-order valence-electron chi connectivity index (χ3n) is 2.28. The van der Waals surface area contributed by atoms with Crippen LogP contribution >= 0.6 is 11.8 Å². The second-order valence-electron chi connectivity index (χ2n) is 4.17. The van der Waals surface area contributed by atoms with Gasteiger partial charge in [0.05, 0.1) is 0 Å². The Morgan fingerprint density at radius 1 is 1.47 bits per heavy atom. The van der Waals surface area contributed by atoms with E-state index in [1.165, 1.54) is 4.90 Å². The number of nitrogens with one attached hydrogen (secondary N) is 1. The van der Waals surface area contributed by atoms with Crippen LogP contribution in [0.15, 0.2) is 0 Å². The molecule has 6 heteroatoms. The summed E-state index contributed by atoms with van der Waals surface area (Å²) in [5.41, 5.74) is 0. The summed E-state index contributed by atoms with van der Waals surface area (Å²) in [5, 5.41) is 11.3. The minimum absolute atomic E-state index is 0.0977. The van der Waals surface area contributed by atoms with Crippen LogP contribution in [0.3, 0.4) is 0 Å². The number of nitrogens with zero attached hydrogens (tertiary/aromatic N) is 1. The van der Waals surface area contributed by atoms with Crippen LogP contribution in [0.1, 0.15) is 19.8 Å². The summed E-state index contributed by atoms with van der Waals surface area (Å²) in [6, 6.07) is -0.136. The van der Waals surface area contributed by atoms with Crippen molar-refractivity contribution in [3.63, 3.8) is 0 Å². The highest BCUT2D eigenvalue weighted by Gasteiger charge is 2.10. The molecule has 1 unspecified atom stereocenters. The first-order chi connectivity index (χ1) is 7.97. The van der Waals surface area contributed by atoms with Crippen molar-refractivity contribution in [1.82, 2.24) is 10.2 Å². The Labute approximate surface area is 107 Å². The number of carboxylic acids is 1. The van der Waals surface area contributed by atoms with Gasteiger partial charge in [-0.1, -0.05) is 6.92 Å². The highest BCUT2D eigenvalue weighted by Crippen LogP contribution is 2.03. The van der Waals surface area contributed by atoms with Crippen LogP contribution in [0.2, 0.25) is 0 Å². The van der Waals surface area contributed by atoms with Gasteiger partial charge >= 0.3 is 12.0 Å². The number of amides is 2. The van der Waals surface area contributed by atoms with Crippen LogP contribution in [-0.4, -0.2) is 54.2 Å². The number of hydrogen-bond acceptors (Lipinski definition) is 3. The summed E-state index contributed by atoms with van der Waals surface area (Å²) in [6.07, 6.45) is 2.62. The van der Waals surface area contributed by atoms with Crippen molar-refractivity contribution < 1.29 is 14.7 Å². The fraction of sp³-hybridized carbons (Fsp3) is 0.818. The summed E-state index contributed by atoms with van der Waals surface area (Å²) < 4.78 is 0. The van der Waals surface area contributed by atoms with Crippen LogP contribution in [0, 0.1) is 5.92 Å². The predicted octanol–water partition coefficient (Wildman–Crippen LogP) is 1.49. The fourth-order valence-electron chi connectivity index (χ4n) is 1.31. The first kappa shape index (κ1) is 16.1. The zero-order valence-electron chi connectivity index (χ0n) is 10.7. The molecule has 0 bridgehead atoms. The summed E-state index contributed by atoms with van der Waals surface area (Å²) in [6.45, 7) is 3.21. The quantitative estimate of drug-likeness (QED) is 0.695. The lowest BCUT2D eigenvalue weighted by atomic mass is 10.2. The zero-order valence-corrected chi connectivity index (χ0v) is 11.5. The Morgan fingerprint density at radius 2 is 2.12 bits per heavy atom. The maximum atomic E-state index is 11.6. The molecule has 0 aliphatic carbocycles. The van der Waals surface area contributed by atoms with Gasteiger partial charge in [-0.2, -0.15) is 11.8 Å². The van der Waals surface area contributed by atoms with Gasteiger partial charge in [0.15, 0.2) is 0 Å². The first-order valence-electron chi connectivity index (χ1n) is 5.67. The van der Waals surface area contributed by atoms with E-state index in [4.69, 9.17) is 5.11 Å². The van der Waals surface area contributed by atoms with Crippen molar-refractivity contribution >= 4 is 23.8 Å². The van der Waals surface area contributed by atoms with Gasteiger partial charge in [0.2, 0.25) is 0 Å². The highest BCUT2D eigenvalue weighted by atomic mass is 32.2. The lowest BCUT2D eigenvalue weighted by Crippen LogP contribution is -2.40. The van der Waals surface area contributed by atoms with Gasteiger partial charge in [-0.25, -0.2) is 4.79 Å². The third kappa shape index (κ3) is 8.85. The zero-order chi connectivity index (χ0) is 13.3. The normalized spacial score (nSPS) is 11.9. The summed E-state index contributed by atoms with van der Waals surface area (Å²) in [4.78, 5) is 23.4. The largest absolute Gasteiger partial charge is 0.481 e. The Morgan fingerprint density at radius 3 is 2.65 bits per heavy atom. The molecular weight excluding hydrogens is 240 g/mol. The smallest absolute Gasteiger partial charge is 0.317 e. The minimum atomic E-state index is -0.826. The molecule has 0 rings (SSSR count). The highest BCUT2D eigenvalue weighted by molar-refractivity contribution is 7.98. The summed E-state index contributed by atoms with van der Waals surface area (Å²) >= 11 is 1.76. The van der Waals surface area contributed by atoms with E-state index in [1.807, 2.05) is 6.26 Å². The molecule has 0 aromatic heterocycles. The maximum Gasteiger partial charge on any atom is 0.317 e. The number of carbonyl (C=O) groups excluding carboxylic acids is 1. The fourth-order valence-corrected chi connectivity index (χ4v) is 2.00. The number of hydrogen-bond donors (Lipinski definition) is 2. The molecule has 0 saturated carbocycles. The number of thioether (sulfide) groups is 1. The van der Waals surface area contributed by atoms with Gasteiger partial charge < -0.3 is 15.3 Å². The predicted molar refractivity (Wildman–Crippen MR) is 70.4 cm³/mol. The van der Waals surface area contributed by atoms with Crippen molar-refractivity contribution in [3.05, 3.63) is 0 Å². The van der Waals surface area contributed by atoms with E-state index in [9.17, 15) is 9.59 Å². The standard InChI is InChI=1S/C11H22N2O3S/c1-9(8-17-3)7-12-11(16)13(2)6-4-5-10(14)15/h9H,4-8H2,1-3H3,(H,12,16)(H,14,15). The second-order valence-corrected chi connectivity index (χ2v) is 5.08. The van der Waals surface area contributed by atoms with Crippen molar-refractivity contribution in [2.45, 2.75) is 19.8 Å². The van der Waals surface area contributed by atoms with E-state index in [0.717, 1.165) is 5.75 Å². The third-order valence-corrected chi connectivity index (χ3v) is 3.19. The average molecular weight is 262 g/mol. The molecule has 0 saturated heterocycles. The van der Waals surface area contributed by atoms with Crippen LogP contribution in [0.4, 0.5) is 4.79 Å². The summed E-state index contributed by atoms with van der Waals surface area (Å²) in [7, 11) is 1.68. The van der Waals surface area contributed by atoms with Crippen molar-refractivity contribution in [1.29, 1.82) is 0 Å². The second kappa shape index (κ2) is 9.15. The number of aliphatic carboxylic acids is 1. The van der Waals surface area contributed by atoms with E-state index in [2.05, 4.69) is 12.2 Å². The molecule has 0 radical (unpaired) electrons. The van der Waals surface area contributed by atoms with Gasteiger partial charge in [0, 0.05) is 26.6 Å². The molecule has 17 heavy (non-hydrogen) atoms. The van der Waals surface area contributed by atoms with Crippen LogP contribution in [-0.2, 0) is 4.79 Å². The van der Waals surface area contributed by atoms with Gasteiger partial charge in [-0.15, -0.1) is 0 Å². The Balaban J connectivity index is 3.70. The molecule has 5 nitrogen and oxygen atoms in total. The molecule has 0 heterocycles. The lowest BCUT2D eigenvalue weighted by molar-refractivity contribution is -0.137. The molecule has 0 aromatic rings. The topological polar surface area (TPSA) is 69.6 Å². The van der Waals surface area contributed by atoms with Gasteiger partial charge in [0.1, 0.15) is 0 Å². The van der Waals surface area contributed by atoms with Crippen molar-refractivity contribution in [2.75, 3.05) is 32.1 Å². The number of carbonyl (C=O) groups is 2. The lowest BCUT2D eigenvalue weighted by Gasteiger charge is -2.19. The van der Waals surface area contributed by atoms with E-state index in [1.54, 1.807) is 18.8 Å². The number of carboxylic acid groups (broad SMARTS) is 1. The monoisotopic (exact) mass is 262 g/mol. The number of urea groups is 1. The van der Waals surface area contributed by atoms with Crippen LogP contribution in [0.25, 0.3) is 0 Å². The molecule has 0 aliphatic heterocycles. The van der Waals surface area contributed by atoms with E-state index >= 15 is 0 Å². The molecule has 1 atom stereocenters. The first-order valence-corrected chi connectivity index (χ1v) is 7.06. The molecule has 0 aromatic carbocycles. The SMILES string of the molecule is CSCC(C)CNC(=O)N(C)CCCC(=O)O. The van der Waals surface area contributed by atoms with Gasteiger partial charge in [-0.05, 0) is 24.3 Å².